The van der Waals surface area contributed by atoms with Gasteiger partial charge < -0.3 is 0 Å². The number of amides is 3. The van der Waals surface area contributed by atoms with Crippen LogP contribution in [0.2, 0.25) is 0 Å². The molecule has 0 aliphatic carbocycles. The van der Waals surface area contributed by atoms with Crippen LogP contribution in [0, 0.1) is 6.92 Å². The van der Waals surface area contributed by atoms with Crippen LogP contribution in [0.1, 0.15) is 34.3 Å². The summed E-state index contributed by atoms with van der Waals surface area (Å²) in [4.78, 5) is 42.4. The van der Waals surface area contributed by atoms with E-state index >= 15 is 0 Å². The van der Waals surface area contributed by atoms with Gasteiger partial charge in [-0.05, 0) is 37.1 Å². The highest BCUT2D eigenvalue weighted by atomic mass is 32.2. The standard InChI is InChI=1S/C21H20N4O3S2/c1-14-6-8-15(9-7-14)12-17-20(28)25(21(29)30-17)11-3-5-18(26)23-24-19(27)16-4-2-10-22-13-16/h2,4,6-10,12-13H,3,5,11H2,1H3,(H,23,26)(H,24,27)/b17-12+. The lowest BCUT2D eigenvalue weighted by Gasteiger charge is -2.14. The minimum atomic E-state index is -0.449. The molecule has 0 unspecified atom stereocenters. The Kier molecular flexibility index (Phi) is 7.31. The lowest BCUT2D eigenvalue weighted by molar-refractivity contribution is -0.124. The highest BCUT2D eigenvalue weighted by molar-refractivity contribution is 8.26. The average molecular weight is 441 g/mol. The molecule has 9 heteroatoms. The van der Waals surface area contributed by atoms with Gasteiger partial charge in [-0.15, -0.1) is 0 Å². The van der Waals surface area contributed by atoms with E-state index in [1.165, 1.54) is 22.9 Å². The second kappa shape index (κ2) is 10.1. The highest BCUT2D eigenvalue weighted by Gasteiger charge is 2.31. The van der Waals surface area contributed by atoms with Crippen molar-refractivity contribution in [3.8, 4) is 0 Å². The summed E-state index contributed by atoms with van der Waals surface area (Å²) in [6, 6.07) is 11.1. The van der Waals surface area contributed by atoms with Gasteiger partial charge in [0.15, 0.2) is 0 Å². The van der Waals surface area contributed by atoms with E-state index in [1.807, 2.05) is 37.3 Å². The molecule has 0 spiro atoms. The van der Waals surface area contributed by atoms with Crippen molar-refractivity contribution in [1.29, 1.82) is 0 Å². The van der Waals surface area contributed by atoms with Crippen molar-refractivity contribution in [2.45, 2.75) is 19.8 Å². The Morgan fingerprint density at radius 3 is 2.67 bits per heavy atom. The molecule has 3 amide bonds. The maximum atomic E-state index is 12.6. The normalized spacial score (nSPS) is 14.8. The van der Waals surface area contributed by atoms with Crippen LogP contribution >= 0.6 is 24.0 Å². The Morgan fingerprint density at radius 2 is 1.97 bits per heavy atom. The number of carbonyl (C=O) groups excluding carboxylic acids is 3. The van der Waals surface area contributed by atoms with E-state index in [-0.39, 0.29) is 18.2 Å². The van der Waals surface area contributed by atoms with Crippen molar-refractivity contribution >= 4 is 52.1 Å². The minimum Gasteiger partial charge on any atom is -0.293 e. The average Bonchev–Trinajstić information content (AvgIpc) is 3.01. The second-order valence-electron chi connectivity index (χ2n) is 6.59. The lowest BCUT2D eigenvalue weighted by atomic mass is 10.1. The highest BCUT2D eigenvalue weighted by Crippen LogP contribution is 2.32. The molecule has 30 heavy (non-hydrogen) atoms. The van der Waals surface area contributed by atoms with Crippen molar-refractivity contribution < 1.29 is 14.4 Å². The van der Waals surface area contributed by atoms with Crippen LogP contribution in [0.5, 0.6) is 0 Å². The third-order valence-corrected chi connectivity index (χ3v) is 5.65. The van der Waals surface area contributed by atoms with Gasteiger partial charge in [0.2, 0.25) is 5.91 Å². The Balaban J connectivity index is 1.45. The van der Waals surface area contributed by atoms with Gasteiger partial charge in [0.05, 0.1) is 10.5 Å². The van der Waals surface area contributed by atoms with Crippen LogP contribution in [0.25, 0.3) is 6.08 Å². The second-order valence-corrected chi connectivity index (χ2v) is 8.27. The van der Waals surface area contributed by atoms with E-state index in [4.69, 9.17) is 12.2 Å². The van der Waals surface area contributed by atoms with Gasteiger partial charge in [-0.3, -0.25) is 35.1 Å². The fourth-order valence-electron chi connectivity index (χ4n) is 2.66. The smallest absolute Gasteiger partial charge is 0.271 e. The quantitative estimate of drug-likeness (QED) is 0.408. The number of hydrogen-bond donors (Lipinski definition) is 2. The summed E-state index contributed by atoms with van der Waals surface area (Å²) in [7, 11) is 0. The van der Waals surface area contributed by atoms with Crippen LogP contribution in [0.4, 0.5) is 0 Å². The topological polar surface area (TPSA) is 91.4 Å². The molecule has 2 aromatic rings. The fraction of sp³-hybridized carbons (Fsp3) is 0.190. The molecule has 1 saturated heterocycles. The summed E-state index contributed by atoms with van der Waals surface area (Å²) in [5.74, 6) is -0.960. The summed E-state index contributed by atoms with van der Waals surface area (Å²) in [5.41, 5.74) is 7.12. The summed E-state index contributed by atoms with van der Waals surface area (Å²) in [5, 5.41) is 0. The maximum absolute atomic E-state index is 12.6. The number of nitrogens with zero attached hydrogens (tertiary/aromatic N) is 2. The number of carbonyl (C=O) groups is 3. The molecule has 7 nitrogen and oxygen atoms in total. The van der Waals surface area contributed by atoms with Gasteiger partial charge in [-0.2, -0.15) is 0 Å². The number of aromatic nitrogens is 1. The Hall–Kier alpha value is -3.04. The number of thioether (sulfide) groups is 1. The van der Waals surface area contributed by atoms with Crippen molar-refractivity contribution in [2.75, 3.05) is 6.54 Å². The van der Waals surface area contributed by atoms with Gasteiger partial charge in [0.1, 0.15) is 4.32 Å². The molecule has 154 valence electrons. The number of thiocarbonyl (C=S) groups is 1. The van der Waals surface area contributed by atoms with Crippen molar-refractivity contribution in [3.05, 3.63) is 70.4 Å². The van der Waals surface area contributed by atoms with Crippen LogP contribution in [0.3, 0.4) is 0 Å². The van der Waals surface area contributed by atoms with E-state index < -0.39 is 5.91 Å². The molecule has 0 atom stereocenters. The first-order chi connectivity index (χ1) is 14.4. The van der Waals surface area contributed by atoms with E-state index in [1.54, 1.807) is 18.3 Å². The van der Waals surface area contributed by atoms with Gasteiger partial charge in [-0.1, -0.05) is 53.8 Å². The van der Waals surface area contributed by atoms with Gasteiger partial charge in [-0.25, -0.2) is 0 Å². The van der Waals surface area contributed by atoms with Crippen molar-refractivity contribution in [3.63, 3.8) is 0 Å². The molecule has 1 aliphatic heterocycles. The minimum absolute atomic E-state index is 0.140. The van der Waals surface area contributed by atoms with Gasteiger partial charge >= 0.3 is 0 Å². The van der Waals surface area contributed by atoms with Gasteiger partial charge in [0, 0.05) is 25.4 Å². The monoisotopic (exact) mass is 440 g/mol. The molecule has 2 N–H and O–H groups in total. The SMILES string of the molecule is Cc1ccc(/C=C2/SC(=S)N(CCCC(=O)NNC(=O)c3cccnc3)C2=O)cc1. The molecule has 0 saturated carbocycles. The molecule has 1 aliphatic rings. The predicted octanol–water partition coefficient (Wildman–Crippen LogP) is 2.83. The number of hydrazine groups is 1. The van der Waals surface area contributed by atoms with Crippen LogP contribution in [0.15, 0.2) is 53.7 Å². The van der Waals surface area contributed by atoms with Gasteiger partial charge in [0.25, 0.3) is 11.8 Å². The maximum Gasteiger partial charge on any atom is 0.271 e. The first kappa shape index (κ1) is 21.7. The first-order valence-corrected chi connectivity index (χ1v) is 10.5. The van der Waals surface area contributed by atoms with E-state index in [2.05, 4.69) is 15.8 Å². The van der Waals surface area contributed by atoms with Crippen LogP contribution in [-0.2, 0) is 9.59 Å². The molecular weight excluding hydrogens is 420 g/mol. The number of nitrogens with one attached hydrogen (secondary N) is 2. The lowest BCUT2D eigenvalue weighted by Crippen LogP contribution is -2.42. The van der Waals surface area contributed by atoms with Crippen LogP contribution in [-0.4, -0.2) is 38.5 Å². The van der Waals surface area contributed by atoms with E-state index in [0.717, 1.165) is 11.1 Å². The Morgan fingerprint density at radius 1 is 1.20 bits per heavy atom. The molecule has 2 heterocycles. The third-order valence-electron chi connectivity index (χ3n) is 4.27. The molecule has 1 aromatic carbocycles. The zero-order valence-corrected chi connectivity index (χ0v) is 17.9. The third kappa shape index (κ3) is 5.74. The zero-order valence-electron chi connectivity index (χ0n) is 16.3. The summed E-state index contributed by atoms with van der Waals surface area (Å²) >= 11 is 6.57. The fourth-order valence-corrected chi connectivity index (χ4v) is 3.97. The number of pyridine rings is 1. The molecular formula is C21H20N4O3S2. The first-order valence-electron chi connectivity index (χ1n) is 9.25. The Labute approximate surface area is 183 Å². The Bertz CT molecular complexity index is 991. The summed E-state index contributed by atoms with van der Waals surface area (Å²) in [6.45, 7) is 2.34. The number of rotatable bonds is 6. The molecule has 1 fully saturated rings. The predicted molar refractivity (Wildman–Crippen MR) is 120 cm³/mol. The zero-order chi connectivity index (χ0) is 21.5. The molecule has 0 radical (unpaired) electrons. The number of benzene rings is 1. The van der Waals surface area contributed by atoms with Crippen molar-refractivity contribution in [1.82, 2.24) is 20.7 Å². The molecule has 1 aromatic heterocycles. The summed E-state index contributed by atoms with van der Waals surface area (Å²) in [6.07, 6.45) is 5.33. The molecule has 3 rings (SSSR count). The van der Waals surface area contributed by atoms with Crippen molar-refractivity contribution in [2.24, 2.45) is 0 Å². The number of hydrogen-bond acceptors (Lipinski definition) is 6. The van der Waals surface area contributed by atoms with E-state index in [9.17, 15) is 14.4 Å². The van der Waals surface area contributed by atoms with E-state index in [0.29, 0.717) is 27.8 Å². The number of aryl methyl sites for hydroxylation is 1. The summed E-state index contributed by atoms with van der Waals surface area (Å²) < 4.78 is 0.476. The largest absolute Gasteiger partial charge is 0.293 e. The van der Waals surface area contributed by atoms with Crippen LogP contribution < -0.4 is 10.9 Å². The molecule has 0 bridgehead atoms.